The van der Waals surface area contributed by atoms with E-state index in [0.717, 1.165) is 34.5 Å². The van der Waals surface area contributed by atoms with Crippen molar-refractivity contribution in [2.75, 3.05) is 12.4 Å². The first-order chi connectivity index (χ1) is 10.2. The van der Waals surface area contributed by atoms with Crippen molar-refractivity contribution in [1.29, 1.82) is 0 Å². The van der Waals surface area contributed by atoms with Gasteiger partial charge in [-0.15, -0.1) is 0 Å². The van der Waals surface area contributed by atoms with E-state index in [1.54, 1.807) is 0 Å². The van der Waals surface area contributed by atoms with Crippen LogP contribution in [0.15, 0.2) is 42.5 Å². The molecule has 1 N–H and O–H groups in total. The topological polar surface area (TPSA) is 37.8 Å². The van der Waals surface area contributed by atoms with Crippen LogP contribution in [0.1, 0.15) is 18.1 Å². The van der Waals surface area contributed by atoms with Crippen LogP contribution < -0.4 is 5.32 Å². The van der Waals surface area contributed by atoms with Crippen molar-refractivity contribution in [2.24, 2.45) is 0 Å². The predicted molar refractivity (Wildman–Crippen MR) is 88.6 cm³/mol. The van der Waals surface area contributed by atoms with Gasteiger partial charge in [-0.3, -0.25) is 0 Å². The fraction of sp³-hybridized carbons (Fsp3) is 0.222. The summed E-state index contributed by atoms with van der Waals surface area (Å²) in [5, 5.41) is 4.28. The minimum Gasteiger partial charge on any atom is -0.373 e. The van der Waals surface area contributed by atoms with Crippen LogP contribution in [-0.2, 0) is 6.42 Å². The zero-order valence-electron chi connectivity index (χ0n) is 12.6. The molecule has 0 saturated carbocycles. The van der Waals surface area contributed by atoms with E-state index in [1.165, 1.54) is 11.1 Å². The number of nitrogens with zero attached hydrogens (tertiary/aromatic N) is 2. The van der Waals surface area contributed by atoms with E-state index >= 15 is 0 Å². The van der Waals surface area contributed by atoms with Crippen LogP contribution in [0.25, 0.3) is 22.3 Å². The number of fused-ring (bicyclic) bond motifs is 1. The lowest BCUT2D eigenvalue weighted by atomic mass is 10.1. The molecule has 1 aromatic heterocycles. The minimum atomic E-state index is 0.764. The van der Waals surface area contributed by atoms with Crippen LogP contribution in [0.3, 0.4) is 0 Å². The molecule has 2 aromatic carbocycles. The minimum absolute atomic E-state index is 0.764. The third-order valence-electron chi connectivity index (χ3n) is 3.79. The molecule has 3 nitrogen and oxygen atoms in total. The average molecular weight is 277 g/mol. The first-order valence-corrected chi connectivity index (χ1v) is 7.27. The second-order valence-electron chi connectivity index (χ2n) is 5.17. The standard InChI is InChI=1S/C18H19N3/c1-4-13-8-10-14(11-9-13)17-20-15-7-5-6-12(2)16(15)18(19-3)21-17/h5-11H,4H2,1-3H3,(H,19,20,21). The Bertz CT molecular complexity index is 776. The van der Waals surface area contributed by atoms with Gasteiger partial charge in [0.05, 0.1) is 5.52 Å². The Labute approximate surface area is 125 Å². The monoisotopic (exact) mass is 277 g/mol. The van der Waals surface area contributed by atoms with Crippen LogP contribution in [0.5, 0.6) is 0 Å². The molecule has 0 aliphatic carbocycles. The summed E-state index contributed by atoms with van der Waals surface area (Å²) in [7, 11) is 1.90. The molecule has 0 aliphatic rings. The highest BCUT2D eigenvalue weighted by Crippen LogP contribution is 2.27. The lowest BCUT2D eigenvalue weighted by Gasteiger charge is -2.10. The van der Waals surface area contributed by atoms with Gasteiger partial charge in [0.25, 0.3) is 0 Å². The molecule has 0 aliphatic heterocycles. The maximum atomic E-state index is 4.72. The molecule has 0 fully saturated rings. The number of hydrogen-bond acceptors (Lipinski definition) is 3. The van der Waals surface area contributed by atoms with Gasteiger partial charge in [0.1, 0.15) is 5.82 Å². The number of aromatic nitrogens is 2. The number of anilines is 1. The molecule has 0 spiro atoms. The molecule has 106 valence electrons. The Morgan fingerprint density at radius 2 is 1.76 bits per heavy atom. The van der Waals surface area contributed by atoms with E-state index in [1.807, 2.05) is 19.2 Å². The third-order valence-corrected chi connectivity index (χ3v) is 3.79. The molecule has 3 aromatic rings. The first kappa shape index (κ1) is 13.6. The van der Waals surface area contributed by atoms with Crippen molar-refractivity contribution in [3.05, 3.63) is 53.6 Å². The van der Waals surface area contributed by atoms with Gasteiger partial charge in [-0.25, -0.2) is 9.97 Å². The molecular formula is C18H19N3. The van der Waals surface area contributed by atoms with Crippen molar-refractivity contribution in [1.82, 2.24) is 9.97 Å². The van der Waals surface area contributed by atoms with E-state index in [2.05, 4.69) is 54.5 Å². The Morgan fingerprint density at radius 3 is 2.43 bits per heavy atom. The lowest BCUT2D eigenvalue weighted by Crippen LogP contribution is -2.00. The van der Waals surface area contributed by atoms with Crippen LogP contribution in [0.2, 0.25) is 0 Å². The first-order valence-electron chi connectivity index (χ1n) is 7.27. The van der Waals surface area contributed by atoms with Gasteiger partial charge >= 0.3 is 0 Å². The Balaban J connectivity index is 2.19. The molecular weight excluding hydrogens is 258 g/mol. The molecule has 0 saturated heterocycles. The van der Waals surface area contributed by atoms with Crippen LogP contribution in [-0.4, -0.2) is 17.0 Å². The SMILES string of the molecule is CCc1ccc(-c2nc(NC)c3c(C)cccc3n2)cc1. The highest BCUT2D eigenvalue weighted by Gasteiger charge is 2.10. The summed E-state index contributed by atoms with van der Waals surface area (Å²) < 4.78 is 0. The maximum absolute atomic E-state index is 4.72. The van der Waals surface area contributed by atoms with Crippen molar-refractivity contribution < 1.29 is 0 Å². The van der Waals surface area contributed by atoms with Crippen LogP contribution in [0, 0.1) is 6.92 Å². The molecule has 3 rings (SSSR count). The van der Waals surface area contributed by atoms with Gasteiger partial charge < -0.3 is 5.32 Å². The second-order valence-corrected chi connectivity index (χ2v) is 5.17. The summed E-state index contributed by atoms with van der Waals surface area (Å²) in [6.45, 7) is 4.24. The Kier molecular flexibility index (Phi) is 3.57. The summed E-state index contributed by atoms with van der Waals surface area (Å²) in [5.41, 5.74) is 4.53. The van der Waals surface area contributed by atoms with Gasteiger partial charge in [0.15, 0.2) is 5.82 Å². The summed E-state index contributed by atoms with van der Waals surface area (Å²) >= 11 is 0. The number of nitrogens with one attached hydrogen (secondary N) is 1. The molecule has 0 unspecified atom stereocenters. The second kappa shape index (κ2) is 5.52. The summed E-state index contributed by atoms with van der Waals surface area (Å²) in [5.74, 6) is 1.65. The molecule has 0 bridgehead atoms. The zero-order chi connectivity index (χ0) is 14.8. The van der Waals surface area contributed by atoms with Crippen molar-refractivity contribution in [3.8, 4) is 11.4 Å². The number of benzene rings is 2. The fourth-order valence-corrected chi connectivity index (χ4v) is 2.55. The maximum Gasteiger partial charge on any atom is 0.162 e. The summed E-state index contributed by atoms with van der Waals surface area (Å²) in [4.78, 5) is 9.40. The molecule has 0 radical (unpaired) electrons. The molecule has 3 heteroatoms. The fourth-order valence-electron chi connectivity index (χ4n) is 2.55. The highest BCUT2D eigenvalue weighted by atomic mass is 15.0. The largest absolute Gasteiger partial charge is 0.373 e. The molecule has 1 heterocycles. The van der Waals surface area contributed by atoms with Crippen molar-refractivity contribution >= 4 is 16.7 Å². The number of rotatable bonds is 3. The average Bonchev–Trinajstić information content (AvgIpc) is 2.54. The third kappa shape index (κ3) is 2.47. The van der Waals surface area contributed by atoms with E-state index < -0.39 is 0 Å². The summed E-state index contributed by atoms with van der Waals surface area (Å²) in [6, 6.07) is 14.6. The van der Waals surface area contributed by atoms with Gasteiger partial charge in [-0.2, -0.15) is 0 Å². The van der Waals surface area contributed by atoms with E-state index in [-0.39, 0.29) is 0 Å². The smallest absolute Gasteiger partial charge is 0.162 e. The van der Waals surface area contributed by atoms with Crippen molar-refractivity contribution in [3.63, 3.8) is 0 Å². The van der Waals surface area contributed by atoms with Gasteiger partial charge in [-0.1, -0.05) is 43.3 Å². The Morgan fingerprint density at radius 1 is 1.00 bits per heavy atom. The van der Waals surface area contributed by atoms with Crippen LogP contribution in [0.4, 0.5) is 5.82 Å². The highest BCUT2D eigenvalue weighted by molar-refractivity contribution is 5.93. The zero-order valence-corrected chi connectivity index (χ0v) is 12.6. The molecule has 21 heavy (non-hydrogen) atoms. The number of hydrogen-bond donors (Lipinski definition) is 1. The lowest BCUT2D eigenvalue weighted by molar-refractivity contribution is 1.14. The van der Waals surface area contributed by atoms with Gasteiger partial charge in [0, 0.05) is 18.0 Å². The quantitative estimate of drug-likeness (QED) is 0.779. The molecule has 0 amide bonds. The normalized spacial score (nSPS) is 10.8. The van der Waals surface area contributed by atoms with Gasteiger partial charge in [-0.05, 0) is 30.5 Å². The number of aryl methyl sites for hydroxylation is 2. The summed E-state index contributed by atoms with van der Waals surface area (Å²) in [6.07, 6.45) is 1.04. The Hall–Kier alpha value is -2.42. The molecule has 0 atom stereocenters. The van der Waals surface area contributed by atoms with Crippen molar-refractivity contribution in [2.45, 2.75) is 20.3 Å². The van der Waals surface area contributed by atoms with E-state index in [0.29, 0.717) is 0 Å². The van der Waals surface area contributed by atoms with E-state index in [9.17, 15) is 0 Å². The van der Waals surface area contributed by atoms with E-state index in [4.69, 9.17) is 4.98 Å². The van der Waals surface area contributed by atoms with Gasteiger partial charge in [0.2, 0.25) is 0 Å². The van der Waals surface area contributed by atoms with Crippen LogP contribution >= 0.6 is 0 Å². The predicted octanol–water partition coefficient (Wildman–Crippen LogP) is 4.21.